The summed E-state index contributed by atoms with van der Waals surface area (Å²) in [7, 11) is -3.54. The number of nitrogens with zero attached hydrogens (tertiary/aromatic N) is 1. The van der Waals surface area contributed by atoms with E-state index in [9.17, 15) is 26.4 Å². The molecule has 0 aromatic heterocycles. The Bertz CT molecular complexity index is 966. The highest BCUT2D eigenvalue weighted by Crippen LogP contribution is 2.34. The number of alkyl halides is 3. The zero-order valence-electron chi connectivity index (χ0n) is 13.7. The van der Waals surface area contributed by atoms with Gasteiger partial charge in [0.25, 0.3) is 0 Å². The molecule has 2 aromatic rings. The van der Waals surface area contributed by atoms with Crippen molar-refractivity contribution >= 4 is 44.8 Å². The zero-order chi connectivity index (χ0) is 20.4. The van der Waals surface area contributed by atoms with Crippen molar-refractivity contribution in [2.75, 3.05) is 18.9 Å². The molecule has 1 N–H and O–H groups in total. The molecule has 0 aliphatic rings. The van der Waals surface area contributed by atoms with Gasteiger partial charge in [-0.25, -0.2) is 8.42 Å². The molecule has 5 nitrogen and oxygen atoms in total. The van der Waals surface area contributed by atoms with Crippen LogP contribution in [0.3, 0.4) is 0 Å². The molecule has 0 saturated heterocycles. The molecule has 0 aliphatic carbocycles. The highest BCUT2D eigenvalue weighted by Gasteiger charge is 2.38. The second-order valence-corrected chi connectivity index (χ2v) is 8.26. The Balaban J connectivity index is 2.20. The van der Waals surface area contributed by atoms with Crippen molar-refractivity contribution in [3.8, 4) is 0 Å². The highest BCUT2D eigenvalue weighted by atomic mass is 35.5. The number of benzene rings is 2. The predicted molar refractivity (Wildman–Crippen MR) is 96.4 cm³/mol. The lowest BCUT2D eigenvalue weighted by molar-refractivity contribution is -0.139. The van der Waals surface area contributed by atoms with Crippen LogP contribution in [0.25, 0.3) is 0 Å². The van der Waals surface area contributed by atoms with Crippen molar-refractivity contribution in [3.63, 3.8) is 0 Å². The molecule has 27 heavy (non-hydrogen) atoms. The van der Waals surface area contributed by atoms with Crippen LogP contribution in [-0.2, 0) is 21.0 Å². The molecule has 146 valence electrons. The number of hydrogen-bond donors (Lipinski definition) is 1. The molecule has 11 heteroatoms. The number of halogens is 5. The normalized spacial score (nSPS) is 12.3. The van der Waals surface area contributed by atoms with Gasteiger partial charge in [-0.15, -0.1) is 0 Å². The van der Waals surface area contributed by atoms with Gasteiger partial charge in [0, 0.05) is 12.7 Å². The predicted octanol–water partition coefficient (Wildman–Crippen LogP) is 4.27. The molecular formula is C16H13Cl2F3N2O3S. The Kier molecular flexibility index (Phi) is 6.41. The van der Waals surface area contributed by atoms with Crippen molar-refractivity contribution in [2.45, 2.75) is 11.1 Å². The Morgan fingerprint density at radius 1 is 1.11 bits per heavy atom. The van der Waals surface area contributed by atoms with Gasteiger partial charge in [0.2, 0.25) is 15.9 Å². The van der Waals surface area contributed by atoms with Crippen LogP contribution in [-0.4, -0.2) is 32.2 Å². The van der Waals surface area contributed by atoms with Crippen LogP contribution in [0.1, 0.15) is 5.56 Å². The van der Waals surface area contributed by atoms with Crippen molar-refractivity contribution in [1.82, 2.24) is 4.31 Å². The second-order valence-electron chi connectivity index (χ2n) is 5.43. The lowest BCUT2D eigenvalue weighted by Crippen LogP contribution is -2.35. The fourth-order valence-electron chi connectivity index (χ4n) is 2.16. The van der Waals surface area contributed by atoms with Crippen LogP contribution in [0.2, 0.25) is 10.0 Å². The van der Waals surface area contributed by atoms with Gasteiger partial charge < -0.3 is 5.32 Å². The molecule has 0 heterocycles. The third-order valence-corrected chi connectivity index (χ3v) is 6.05. The van der Waals surface area contributed by atoms with E-state index in [2.05, 4.69) is 5.32 Å². The van der Waals surface area contributed by atoms with Crippen molar-refractivity contribution in [1.29, 1.82) is 0 Å². The molecule has 2 rings (SSSR count). The standard InChI is InChI=1S/C16H13Cl2F3N2O3S/c1-23(9-15(24)22-10-6-7-12(17)13(18)8-10)27(25,26)14-5-3-2-4-11(14)16(19,20)21/h2-8H,9H2,1H3,(H,22,24). The number of sulfonamides is 1. The van der Waals surface area contributed by atoms with Crippen molar-refractivity contribution in [3.05, 3.63) is 58.1 Å². The van der Waals surface area contributed by atoms with E-state index in [4.69, 9.17) is 23.2 Å². The summed E-state index contributed by atoms with van der Waals surface area (Å²) in [6.45, 7) is -0.700. The minimum Gasteiger partial charge on any atom is -0.325 e. The van der Waals surface area contributed by atoms with Gasteiger partial charge >= 0.3 is 6.18 Å². The lowest BCUT2D eigenvalue weighted by atomic mass is 10.2. The summed E-state index contributed by atoms with van der Waals surface area (Å²) in [6.07, 6.45) is -4.85. The topological polar surface area (TPSA) is 66.5 Å². The molecule has 0 aliphatic heterocycles. The molecule has 1 amide bonds. The summed E-state index contributed by atoms with van der Waals surface area (Å²) >= 11 is 11.6. The van der Waals surface area contributed by atoms with E-state index in [-0.39, 0.29) is 15.7 Å². The number of nitrogens with one attached hydrogen (secondary N) is 1. The van der Waals surface area contributed by atoms with Gasteiger partial charge in [0.05, 0.1) is 27.0 Å². The number of likely N-dealkylation sites (N-methyl/N-ethyl adjacent to an activating group) is 1. The first kappa shape index (κ1) is 21.5. The van der Waals surface area contributed by atoms with Crippen LogP contribution in [0.5, 0.6) is 0 Å². The van der Waals surface area contributed by atoms with Crippen LogP contribution in [0.4, 0.5) is 18.9 Å². The largest absolute Gasteiger partial charge is 0.417 e. The van der Waals surface area contributed by atoms with E-state index >= 15 is 0 Å². The first-order valence-electron chi connectivity index (χ1n) is 7.30. The average molecular weight is 441 g/mol. The molecule has 0 spiro atoms. The Morgan fingerprint density at radius 3 is 2.33 bits per heavy atom. The van der Waals surface area contributed by atoms with Gasteiger partial charge in [-0.05, 0) is 30.3 Å². The third-order valence-electron chi connectivity index (χ3n) is 3.45. The summed E-state index contributed by atoms with van der Waals surface area (Å²) < 4.78 is 64.8. The fraction of sp³-hybridized carbons (Fsp3) is 0.188. The summed E-state index contributed by atoms with van der Waals surface area (Å²) in [4.78, 5) is 11.1. The maximum atomic E-state index is 13.1. The van der Waals surface area contributed by atoms with Gasteiger partial charge in [-0.3, -0.25) is 4.79 Å². The molecule has 0 atom stereocenters. The van der Waals surface area contributed by atoms with Crippen LogP contribution in [0, 0.1) is 0 Å². The highest BCUT2D eigenvalue weighted by molar-refractivity contribution is 7.89. The fourth-order valence-corrected chi connectivity index (χ4v) is 3.79. The third kappa shape index (κ3) is 5.13. The van der Waals surface area contributed by atoms with Crippen LogP contribution < -0.4 is 5.32 Å². The maximum absolute atomic E-state index is 13.1. The number of carbonyl (C=O) groups is 1. The minimum absolute atomic E-state index is 0.176. The van der Waals surface area contributed by atoms with E-state index in [0.717, 1.165) is 19.2 Å². The molecule has 0 saturated carbocycles. The van der Waals surface area contributed by atoms with E-state index in [0.29, 0.717) is 10.4 Å². The van der Waals surface area contributed by atoms with E-state index in [1.807, 2.05) is 0 Å². The van der Waals surface area contributed by atoms with Crippen molar-refractivity contribution < 1.29 is 26.4 Å². The number of rotatable bonds is 5. The summed E-state index contributed by atoms with van der Waals surface area (Å²) in [5, 5.41) is 2.84. The Hall–Kier alpha value is -1.81. The van der Waals surface area contributed by atoms with Crippen LogP contribution in [0.15, 0.2) is 47.4 Å². The van der Waals surface area contributed by atoms with Crippen LogP contribution >= 0.6 is 23.2 Å². The molecule has 0 radical (unpaired) electrons. The first-order valence-corrected chi connectivity index (χ1v) is 9.50. The van der Waals surface area contributed by atoms with Gasteiger partial charge in [-0.1, -0.05) is 35.3 Å². The second kappa shape index (κ2) is 8.05. The average Bonchev–Trinajstić information content (AvgIpc) is 2.57. The summed E-state index contributed by atoms with van der Waals surface area (Å²) in [5.41, 5.74) is -1.04. The Morgan fingerprint density at radius 2 is 1.74 bits per heavy atom. The first-order chi connectivity index (χ1) is 12.4. The van der Waals surface area contributed by atoms with Gasteiger partial charge in [-0.2, -0.15) is 17.5 Å². The van der Waals surface area contributed by atoms with E-state index in [1.165, 1.54) is 24.3 Å². The quantitative estimate of drug-likeness (QED) is 0.754. The lowest BCUT2D eigenvalue weighted by Gasteiger charge is -2.20. The summed E-state index contributed by atoms with van der Waals surface area (Å²) in [5.74, 6) is -0.760. The van der Waals surface area contributed by atoms with Crippen molar-refractivity contribution in [2.24, 2.45) is 0 Å². The molecule has 2 aromatic carbocycles. The van der Waals surface area contributed by atoms with Gasteiger partial charge in [0.15, 0.2) is 0 Å². The molecule has 0 bridgehead atoms. The van der Waals surface area contributed by atoms with E-state index < -0.39 is 39.1 Å². The minimum atomic E-state index is -4.85. The molecular weight excluding hydrogens is 428 g/mol. The number of anilines is 1. The monoisotopic (exact) mass is 440 g/mol. The zero-order valence-corrected chi connectivity index (χ0v) is 16.0. The SMILES string of the molecule is CN(CC(=O)Nc1ccc(Cl)c(Cl)c1)S(=O)(=O)c1ccccc1C(F)(F)F. The Labute approximate surface area is 163 Å². The summed E-state index contributed by atoms with van der Waals surface area (Å²) in [6, 6.07) is 7.99. The number of hydrogen-bond acceptors (Lipinski definition) is 3. The molecule has 0 fully saturated rings. The smallest absolute Gasteiger partial charge is 0.325 e. The van der Waals surface area contributed by atoms with Gasteiger partial charge in [0.1, 0.15) is 0 Å². The number of carbonyl (C=O) groups excluding carboxylic acids is 1. The number of amides is 1. The maximum Gasteiger partial charge on any atom is 0.417 e. The van der Waals surface area contributed by atoms with E-state index in [1.54, 1.807) is 0 Å². The molecule has 0 unspecified atom stereocenters.